The molecule has 6 nitrogen and oxygen atoms in total. The van der Waals surface area contributed by atoms with E-state index >= 15 is 0 Å². The molecule has 0 rings (SSSR count). The maximum atomic E-state index is 11.9. The molecule has 3 N–H and O–H groups in total. The first-order valence-corrected chi connectivity index (χ1v) is 6.72. The number of carboxylic acid groups (broad SMARTS) is 1. The number of aliphatic hydroxyl groups excluding tert-OH is 1. The normalized spacial score (nSPS) is 12.3. The van der Waals surface area contributed by atoms with E-state index < -0.39 is 5.97 Å². The molecule has 0 fully saturated rings. The Kier molecular flexibility index (Phi) is 8.95. The number of aliphatic hydroxyl groups is 1. The lowest BCUT2D eigenvalue weighted by molar-refractivity contribution is -0.137. The lowest BCUT2D eigenvalue weighted by Crippen LogP contribution is -2.46. The van der Waals surface area contributed by atoms with Crippen LogP contribution in [0.15, 0.2) is 0 Å². The maximum Gasteiger partial charge on any atom is 0.317 e. The first-order valence-electron chi connectivity index (χ1n) is 6.72. The molecule has 0 saturated carbocycles. The summed E-state index contributed by atoms with van der Waals surface area (Å²) in [6.45, 7) is 4.54. The molecule has 1 unspecified atom stereocenters. The highest BCUT2D eigenvalue weighted by Gasteiger charge is 2.20. The van der Waals surface area contributed by atoms with Gasteiger partial charge in [-0.1, -0.05) is 13.8 Å². The fourth-order valence-corrected chi connectivity index (χ4v) is 1.65. The average Bonchev–Trinajstić information content (AvgIpc) is 2.32. The molecule has 0 aromatic carbocycles. The van der Waals surface area contributed by atoms with Gasteiger partial charge in [-0.25, -0.2) is 4.79 Å². The fourth-order valence-electron chi connectivity index (χ4n) is 1.65. The number of carbonyl (C=O) groups is 2. The monoisotopic (exact) mass is 274 g/mol. The van der Waals surface area contributed by atoms with Crippen LogP contribution in [0, 0.1) is 5.92 Å². The van der Waals surface area contributed by atoms with E-state index in [4.69, 9.17) is 10.2 Å². The topological polar surface area (TPSA) is 89.9 Å². The summed E-state index contributed by atoms with van der Waals surface area (Å²) in [5.74, 6) is -0.840. The van der Waals surface area contributed by atoms with Crippen LogP contribution in [0.1, 0.15) is 39.5 Å². The van der Waals surface area contributed by atoms with E-state index in [2.05, 4.69) is 5.32 Å². The molecule has 1 atom stereocenters. The summed E-state index contributed by atoms with van der Waals surface area (Å²) in [5, 5.41) is 20.2. The molecule has 0 aromatic rings. The molecule has 0 radical (unpaired) electrons. The first kappa shape index (κ1) is 17.7. The Bertz CT molecular complexity index is 282. The molecule has 0 heterocycles. The Balaban J connectivity index is 4.12. The lowest BCUT2D eigenvalue weighted by Gasteiger charge is -2.25. The van der Waals surface area contributed by atoms with Gasteiger partial charge in [0.25, 0.3) is 0 Å². The van der Waals surface area contributed by atoms with Gasteiger partial charge >= 0.3 is 12.0 Å². The minimum absolute atomic E-state index is 0.0677. The van der Waals surface area contributed by atoms with E-state index in [1.54, 1.807) is 11.9 Å². The number of unbranched alkanes of at least 4 members (excludes halogenated alkanes) is 2. The Morgan fingerprint density at radius 2 is 1.84 bits per heavy atom. The quantitative estimate of drug-likeness (QED) is 0.553. The van der Waals surface area contributed by atoms with E-state index in [9.17, 15) is 9.59 Å². The van der Waals surface area contributed by atoms with Gasteiger partial charge in [0.1, 0.15) is 0 Å². The zero-order valence-electron chi connectivity index (χ0n) is 12.1. The van der Waals surface area contributed by atoms with Crippen LogP contribution >= 0.6 is 0 Å². The number of urea groups is 1. The van der Waals surface area contributed by atoms with Crippen LogP contribution in [0.2, 0.25) is 0 Å². The molecular formula is C13H26N2O4. The van der Waals surface area contributed by atoms with Gasteiger partial charge in [-0.3, -0.25) is 4.79 Å². The summed E-state index contributed by atoms with van der Waals surface area (Å²) in [6, 6.07) is -0.603. The van der Waals surface area contributed by atoms with Crippen molar-refractivity contribution in [2.24, 2.45) is 5.92 Å². The second kappa shape index (κ2) is 9.61. The number of aliphatic carboxylic acids is 1. The van der Waals surface area contributed by atoms with Crippen molar-refractivity contribution in [2.45, 2.75) is 45.6 Å². The van der Waals surface area contributed by atoms with Crippen LogP contribution in [0.5, 0.6) is 0 Å². The van der Waals surface area contributed by atoms with E-state index in [1.165, 1.54) is 0 Å². The molecule has 0 aliphatic heterocycles. The second-order valence-electron chi connectivity index (χ2n) is 5.10. The molecule has 0 spiro atoms. The van der Waals surface area contributed by atoms with Crippen molar-refractivity contribution in [1.82, 2.24) is 10.2 Å². The third-order valence-electron chi connectivity index (χ3n) is 3.01. The Morgan fingerprint density at radius 3 is 2.32 bits per heavy atom. The number of carbonyl (C=O) groups excluding carboxylic acids is 1. The highest BCUT2D eigenvalue weighted by molar-refractivity contribution is 5.75. The number of hydrogen-bond donors (Lipinski definition) is 3. The standard InChI is InChI=1S/C13H26N2O4/c1-10(2)11(9-12(17)18)14-13(19)15(3)7-5-4-6-8-16/h10-11,16H,4-9H2,1-3H3,(H,14,19)(H,17,18). The number of amides is 2. The van der Waals surface area contributed by atoms with Crippen LogP contribution in [0.25, 0.3) is 0 Å². The zero-order chi connectivity index (χ0) is 14.8. The van der Waals surface area contributed by atoms with Crippen LogP contribution in [-0.2, 0) is 4.79 Å². The zero-order valence-corrected chi connectivity index (χ0v) is 12.1. The van der Waals surface area contributed by atoms with Gasteiger partial charge in [-0.2, -0.15) is 0 Å². The van der Waals surface area contributed by atoms with Crippen LogP contribution in [-0.4, -0.2) is 53.4 Å². The number of nitrogens with one attached hydrogen (secondary N) is 1. The Labute approximate surface area is 114 Å². The smallest absolute Gasteiger partial charge is 0.317 e. The number of nitrogens with zero attached hydrogens (tertiary/aromatic N) is 1. The molecule has 2 amide bonds. The summed E-state index contributed by atoms with van der Waals surface area (Å²) in [5.41, 5.74) is 0. The second-order valence-corrected chi connectivity index (χ2v) is 5.10. The predicted molar refractivity (Wildman–Crippen MR) is 73.0 cm³/mol. The molecule has 0 aliphatic carbocycles. The van der Waals surface area contributed by atoms with Crippen molar-refractivity contribution in [3.05, 3.63) is 0 Å². The summed E-state index contributed by atoms with van der Waals surface area (Å²) in [6.07, 6.45) is 2.37. The summed E-state index contributed by atoms with van der Waals surface area (Å²) in [4.78, 5) is 24.1. The number of carboxylic acids is 1. The van der Waals surface area contributed by atoms with Crippen LogP contribution in [0.4, 0.5) is 4.79 Å². The van der Waals surface area contributed by atoms with Gasteiger partial charge < -0.3 is 20.4 Å². The van der Waals surface area contributed by atoms with Gasteiger partial charge in [-0.15, -0.1) is 0 Å². The summed E-state index contributed by atoms with van der Waals surface area (Å²) in [7, 11) is 1.69. The molecule has 0 saturated heterocycles. The highest BCUT2D eigenvalue weighted by Crippen LogP contribution is 2.07. The Hall–Kier alpha value is -1.30. The van der Waals surface area contributed by atoms with Crippen molar-refractivity contribution in [2.75, 3.05) is 20.2 Å². The fraction of sp³-hybridized carbons (Fsp3) is 0.846. The Morgan fingerprint density at radius 1 is 1.21 bits per heavy atom. The first-order chi connectivity index (χ1) is 8.88. The van der Waals surface area contributed by atoms with E-state index in [0.29, 0.717) is 6.54 Å². The maximum absolute atomic E-state index is 11.9. The van der Waals surface area contributed by atoms with E-state index in [-0.39, 0.29) is 31.0 Å². The minimum atomic E-state index is -0.912. The third-order valence-corrected chi connectivity index (χ3v) is 3.01. The number of rotatable bonds is 9. The van der Waals surface area contributed by atoms with Crippen molar-refractivity contribution >= 4 is 12.0 Å². The van der Waals surface area contributed by atoms with Crippen molar-refractivity contribution in [3.8, 4) is 0 Å². The van der Waals surface area contributed by atoms with Gasteiger partial charge in [0.15, 0.2) is 0 Å². The van der Waals surface area contributed by atoms with E-state index in [1.807, 2.05) is 13.8 Å². The molecule has 112 valence electrons. The SMILES string of the molecule is CC(C)C(CC(=O)O)NC(=O)N(C)CCCCCO. The average molecular weight is 274 g/mol. The van der Waals surface area contributed by atoms with Gasteiger partial charge in [0.2, 0.25) is 0 Å². The largest absolute Gasteiger partial charge is 0.481 e. The number of hydrogen-bond acceptors (Lipinski definition) is 3. The molecule has 19 heavy (non-hydrogen) atoms. The predicted octanol–water partition coefficient (Wildman–Crippen LogP) is 1.29. The van der Waals surface area contributed by atoms with Crippen molar-refractivity contribution in [3.63, 3.8) is 0 Å². The lowest BCUT2D eigenvalue weighted by atomic mass is 10.0. The third kappa shape index (κ3) is 8.42. The molecule has 0 bridgehead atoms. The van der Waals surface area contributed by atoms with Gasteiger partial charge in [-0.05, 0) is 25.2 Å². The van der Waals surface area contributed by atoms with Gasteiger partial charge in [0, 0.05) is 26.2 Å². The molecule has 6 heteroatoms. The molecule has 0 aliphatic rings. The summed E-state index contributed by atoms with van der Waals surface area (Å²) >= 11 is 0. The molecule has 0 aromatic heterocycles. The van der Waals surface area contributed by atoms with Gasteiger partial charge in [0.05, 0.1) is 6.42 Å². The van der Waals surface area contributed by atoms with Crippen LogP contribution < -0.4 is 5.32 Å². The van der Waals surface area contributed by atoms with Crippen molar-refractivity contribution in [1.29, 1.82) is 0 Å². The molecular weight excluding hydrogens is 248 g/mol. The summed E-state index contributed by atoms with van der Waals surface area (Å²) < 4.78 is 0. The van der Waals surface area contributed by atoms with Crippen LogP contribution in [0.3, 0.4) is 0 Å². The highest BCUT2D eigenvalue weighted by atomic mass is 16.4. The van der Waals surface area contributed by atoms with Crippen molar-refractivity contribution < 1.29 is 19.8 Å². The minimum Gasteiger partial charge on any atom is -0.481 e. The van der Waals surface area contributed by atoms with E-state index in [0.717, 1.165) is 19.3 Å².